The topological polar surface area (TPSA) is 114 Å². The molecular weight excluding hydrogens is 479 g/mol. The van der Waals surface area contributed by atoms with E-state index in [2.05, 4.69) is 20.2 Å². The van der Waals surface area contributed by atoms with Gasteiger partial charge >= 0.3 is 0 Å². The van der Waals surface area contributed by atoms with Gasteiger partial charge in [-0.3, -0.25) is 9.52 Å². The van der Waals surface area contributed by atoms with Gasteiger partial charge in [0, 0.05) is 23.7 Å². The Labute approximate surface area is 199 Å². The first-order valence-corrected chi connectivity index (χ1v) is 12.5. The van der Waals surface area contributed by atoms with Gasteiger partial charge in [0.1, 0.15) is 16.6 Å². The summed E-state index contributed by atoms with van der Waals surface area (Å²) in [5.41, 5.74) is 1.63. The van der Waals surface area contributed by atoms with Crippen LogP contribution < -0.4 is 10.0 Å². The van der Waals surface area contributed by atoms with Crippen LogP contribution in [0.5, 0.6) is 0 Å². The Morgan fingerprint density at radius 1 is 1.06 bits per heavy atom. The first-order valence-electron chi connectivity index (χ1n) is 10.00. The van der Waals surface area contributed by atoms with Crippen molar-refractivity contribution in [3.8, 4) is 0 Å². The zero-order valence-corrected chi connectivity index (χ0v) is 19.5. The molecule has 4 rings (SSSR count). The molecule has 1 amide bonds. The summed E-state index contributed by atoms with van der Waals surface area (Å²) >= 11 is 1.35. The van der Waals surface area contributed by atoms with E-state index in [1.807, 2.05) is 6.07 Å². The summed E-state index contributed by atoms with van der Waals surface area (Å²) in [4.78, 5) is 17.1. The Kier molecular flexibility index (Phi) is 6.94. The number of aromatic nitrogens is 2. The van der Waals surface area contributed by atoms with Crippen LogP contribution in [0, 0.1) is 12.7 Å². The van der Waals surface area contributed by atoms with Crippen molar-refractivity contribution in [1.82, 2.24) is 10.1 Å². The minimum Gasteiger partial charge on any atom is -0.361 e. The summed E-state index contributed by atoms with van der Waals surface area (Å²) in [5.74, 6) is 0.244. The minimum absolute atomic E-state index is 0.0321. The lowest BCUT2D eigenvalue weighted by atomic mass is 10.2. The van der Waals surface area contributed by atoms with E-state index >= 15 is 0 Å². The molecule has 0 spiro atoms. The van der Waals surface area contributed by atoms with E-state index in [-0.39, 0.29) is 16.5 Å². The highest BCUT2D eigenvalue weighted by Gasteiger charge is 2.17. The molecule has 0 radical (unpaired) electrons. The highest BCUT2D eigenvalue weighted by molar-refractivity contribution is 7.98. The van der Waals surface area contributed by atoms with Crippen molar-refractivity contribution in [3.63, 3.8) is 0 Å². The van der Waals surface area contributed by atoms with E-state index in [0.29, 0.717) is 27.8 Å². The van der Waals surface area contributed by atoms with Gasteiger partial charge in [0.05, 0.1) is 21.8 Å². The Bertz CT molecular complexity index is 1420. The van der Waals surface area contributed by atoms with Crippen LogP contribution in [0.1, 0.15) is 21.8 Å². The van der Waals surface area contributed by atoms with E-state index in [1.54, 1.807) is 25.3 Å². The number of halogens is 1. The molecular formula is C23H19FN4O4S2. The molecule has 2 N–H and O–H groups in total. The number of amides is 1. The predicted molar refractivity (Wildman–Crippen MR) is 127 cm³/mol. The predicted octanol–water partition coefficient (Wildman–Crippen LogP) is 4.86. The number of hydrogen-bond donors (Lipinski definition) is 2. The molecule has 2 aromatic heterocycles. The van der Waals surface area contributed by atoms with Gasteiger partial charge in [-0.2, -0.15) is 0 Å². The van der Waals surface area contributed by atoms with Gasteiger partial charge < -0.3 is 9.84 Å². The fourth-order valence-electron chi connectivity index (χ4n) is 2.99. The van der Waals surface area contributed by atoms with Crippen LogP contribution in [-0.4, -0.2) is 24.5 Å². The Morgan fingerprint density at radius 2 is 1.85 bits per heavy atom. The lowest BCUT2D eigenvalue weighted by Crippen LogP contribution is -2.15. The number of aryl methyl sites for hydroxylation is 1. The van der Waals surface area contributed by atoms with E-state index < -0.39 is 15.8 Å². The first kappa shape index (κ1) is 23.5. The molecule has 0 aliphatic heterocycles. The van der Waals surface area contributed by atoms with E-state index in [9.17, 15) is 17.6 Å². The molecule has 34 heavy (non-hydrogen) atoms. The van der Waals surface area contributed by atoms with Crippen molar-refractivity contribution < 1.29 is 22.1 Å². The minimum atomic E-state index is -3.92. The molecule has 0 saturated carbocycles. The number of carbonyl (C=O) groups is 1. The maximum atomic E-state index is 13.3. The lowest BCUT2D eigenvalue weighted by Gasteiger charge is -2.11. The number of hydrogen-bond acceptors (Lipinski definition) is 7. The zero-order chi connectivity index (χ0) is 24.1. The fourth-order valence-corrected chi connectivity index (χ4v) is 4.91. The molecule has 0 aliphatic carbocycles. The van der Waals surface area contributed by atoms with E-state index in [4.69, 9.17) is 4.52 Å². The monoisotopic (exact) mass is 498 g/mol. The van der Waals surface area contributed by atoms with Gasteiger partial charge in [0.2, 0.25) is 0 Å². The Hall–Kier alpha value is -3.70. The van der Waals surface area contributed by atoms with Crippen LogP contribution in [0.15, 0.2) is 87.4 Å². The molecule has 4 aromatic rings. The van der Waals surface area contributed by atoms with Gasteiger partial charge in [0.25, 0.3) is 15.9 Å². The highest BCUT2D eigenvalue weighted by atomic mass is 32.2. The van der Waals surface area contributed by atoms with Gasteiger partial charge in [-0.25, -0.2) is 17.8 Å². The number of rotatable bonds is 8. The van der Waals surface area contributed by atoms with Crippen LogP contribution in [0.25, 0.3) is 0 Å². The van der Waals surface area contributed by atoms with Crippen molar-refractivity contribution >= 4 is 39.1 Å². The third-order valence-electron chi connectivity index (χ3n) is 4.55. The number of carbonyl (C=O) groups excluding carboxylic acids is 1. The van der Waals surface area contributed by atoms with Crippen LogP contribution in [0.3, 0.4) is 0 Å². The Balaban J connectivity index is 1.44. The summed E-state index contributed by atoms with van der Waals surface area (Å²) in [6.45, 7) is 1.80. The molecule has 2 aromatic carbocycles. The van der Waals surface area contributed by atoms with Crippen molar-refractivity contribution in [2.75, 3.05) is 10.0 Å². The van der Waals surface area contributed by atoms with Crippen LogP contribution in [0.2, 0.25) is 0 Å². The number of nitrogens with one attached hydrogen (secondary N) is 2. The summed E-state index contributed by atoms with van der Waals surface area (Å²) in [6, 6.07) is 15.9. The van der Waals surface area contributed by atoms with Gasteiger partial charge in [-0.05, 0) is 61.5 Å². The largest absolute Gasteiger partial charge is 0.361 e. The van der Waals surface area contributed by atoms with Gasteiger partial charge in [-0.1, -0.05) is 23.0 Å². The molecule has 2 heterocycles. The molecule has 0 unspecified atom stereocenters. The second-order valence-electron chi connectivity index (χ2n) is 7.17. The summed E-state index contributed by atoms with van der Waals surface area (Å²) in [6.07, 6.45) is 1.60. The lowest BCUT2D eigenvalue weighted by molar-refractivity contribution is 0.102. The summed E-state index contributed by atoms with van der Waals surface area (Å²) in [5, 5.41) is 7.21. The molecule has 0 atom stereocenters. The first-order chi connectivity index (χ1) is 16.3. The van der Waals surface area contributed by atoms with E-state index in [1.165, 1.54) is 54.2 Å². The normalized spacial score (nSPS) is 11.2. The average molecular weight is 499 g/mol. The van der Waals surface area contributed by atoms with Crippen LogP contribution in [0.4, 0.5) is 15.8 Å². The second-order valence-corrected chi connectivity index (χ2v) is 9.81. The number of thioether (sulfide) groups is 1. The van der Waals surface area contributed by atoms with Crippen LogP contribution >= 0.6 is 11.8 Å². The smallest absolute Gasteiger partial charge is 0.261 e. The number of sulfonamides is 1. The molecule has 11 heteroatoms. The summed E-state index contributed by atoms with van der Waals surface area (Å²) < 4.78 is 45.8. The standard InChI is InChI=1S/C23H19FN4O4S2/c1-15-12-19(27-32-15)14-33-23-21(6-3-11-25-23)22(29)26-17-7-9-20(10-8-17)34(30,31)28-18-5-2-4-16(24)13-18/h2-13,28H,14H2,1H3,(H,26,29). The molecule has 0 fully saturated rings. The van der Waals surface area contributed by atoms with Crippen molar-refractivity contribution in [1.29, 1.82) is 0 Å². The molecule has 0 bridgehead atoms. The maximum Gasteiger partial charge on any atom is 0.261 e. The van der Waals surface area contributed by atoms with Crippen LogP contribution in [-0.2, 0) is 15.8 Å². The second kappa shape index (κ2) is 10.1. The molecule has 0 aliphatic rings. The maximum absolute atomic E-state index is 13.3. The molecule has 8 nitrogen and oxygen atoms in total. The fraction of sp³-hybridized carbons (Fsp3) is 0.0870. The van der Waals surface area contributed by atoms with Gasteiger partial charge in [-0.15, -0.1) is 0 Å². The quantitative estimate of drug-likeness (QED) is 0.333. The third-order valence-corrected chi connectivity index (χ3v) is 6.98. The molecule has 0 saturated heterocycles. The summed E-state index contributed by atoms with van der Waals surface area (Å²) in [7, 11) is -3.92. The number of pyridine rings is 1. The Morgan fingerprint density at radius 3 is 2.56 bits per heavy atom. The van der Waals surface area contributed by atoms with E-state index in [0.717, 1.165) is 11.8 Å². The number of benzene rings is 2. The number of anilines is 2. The average Bonchev–Trinajstić information content (AvgIpc) is 3.23. The van der Waals surface area contributed by atoms with Crippen molar-refractivity contribution in [3.05, 3.63) is 95.8 Å². The zero-order valence-electron chi connectivity index (χ0n) is 17.9. The highest BCUT2D eigenvalue weighted by Crippen LogP contribution is 2.25. The number of nitrogens with zero attached hydrogens (tertiary/aromatic N) is 2. The van der Waals surface area contributed by atoms with Gasteiger partial charge in [0.15, 0.2) is 0 Å². The van der Waals surface area contributed by atoms with Crippen molar-refractivity contribution in [2.24, 2.45) is 0 Å². The SMILES string of the molecule is Cc1cc(CSc2ncccc2C(=O)Nc2ccc(S(=O)(=O)Nc3cccc(F)c3)cc2)no1. The third kappa shape index (κ3) is 5.80. The van der Waals surface area contributed by atoms with Crippen molar-refractivity contribution in [2.45, 2.75) is 22.6 Å². The molecule has 174 valence electrons.